The molecule has 5 rings (SSSR count). The van der Waals surface area contributed by atoms with E-state index < -0.39 is 114 Å². The van der Waals surface area contributed by atoms with Crippen LogP contribution in [-0.4, -0.2) is 128 Å². The van der Waals surface area contributed by atoms with E-state index in [1.807, 2.05) is 12.1 Å². The van der Waals surface area contributed by atoms with Crippen LogP contribution in [0.5, 0.6) is 0 Å². The van der Waals surface area contributed by atoms with Gasteiger partial charge in [0.05, 0.1) is 31.4 Å². The van der Waals surface area contributed by atoms with Crippen molar-refractivity contribution in [1.29, 1.82) is 0 Å². The number of halogens is 3. The van der Waals surface area contributed by atoms with Crippen LogP contribution >= 0.6 is 0 Å². The lowest BCUT2D eigenvalue weighted by Gasteiger charge is -2.43. The number of imide groups is 1. The Labute approximate surface area is 399 Å². The second kappa shape index (κ2) is 21.7. The lowest BCUT2D eigenvalue weighted by atomic mass is 9.79. The van der Waals surface area contributed by atoms with Gasteiger partial charge in [-0.1, -0.05) is 44.2 Å². The van der Waals surface area contributed by atoms with Crippen LogP contribution in [0, 0.1) is 23.0 Å². The standard InChI is InChI=1S/C49H61F3N6O11/c1-29(67-30(2)59)43(62)58(25-32-24-56(26-36(32)52)46(65)69-48(6,7)8)41(42-53-37(34-22-33(50)16-17-35(34)51)27-55(42)23-31-14-12-11-13-15-31)49(9,10)20-21-66-45(64)54-38(44(63)68-47(3,4)5)28-57-39(60)18-19-40(57)61/h11-19,22,27,29,32,36,38,41H,20-21,23-26,28H2,1-10H3,(H,54,64). The molecule has 5 amide bonds. The lowest BCUT2D eigenvalue weighted by molar-refractivity contribution is -0.161. The number of hydrogen-bond donors (Lipinski definition) is 1. The summed E-state index contributed by atoms with van der Waals surface area (Å²) in [5, 5.41) is 2.39. The summed E-state index contributed by atoms with van der Waals surface area (Å²) in [6.07, 6.45) is -1.59. The van der Waals surface area contributed by atoms with E-state index in [4.69, 9.17) is 23.9 Å². The Balaban J connectivity index is 1.59. The van der Waals surface area contributed by atoms with Crippen LogP contribution < -0.4 is 5.32 Å². The number of benzene rings is 2. The van der Waals surface area contributed by atoms with E-state index in [0.29, 0.717) is 0 Å². The molecule has 2 aromatic carbocycles. The zero-order chi connectivity index (χ0) is 51.2. The number of hydrogen-bond acceptors (Lipinski definition) is 12. The highest BCUT2D eigenvalue weighted by Crippen LogP contribution is 2.44. The SMILES string of the molecule is CC(=O)OC(C)C(=O)N(CC1CN(C(=O)OC(C)(C)C)CC1F)C(c1nc(-c2cc(F)ccc2F)cn1Cc1ccccc1)C(C)(C)CCOC(=O)NC(CN1C(=O)C=CC1=O)C(=O)OC(C)(C)C. The molecule has 1 fully saturated rings. The van der Waals surface area contributed by atoms with E-state index in [1.165, 1.54) is 22.9 Å². The van der Waals surface area contributed by atoms with Gasteiger partial charge in [0.25, 0.3) is 17.7 Å². The fraction of sp³-hybridized carbons (Fsp3) is 0.510. The number of nitrogens with one attached hydrogen (secondary N) is 1. The molecule has 0 radical (unpaired) electrons. The summed E-state index contributed by atoms with van der Waals surface area (Å²) in [5.74, 6) is -6.43. The van der Waals surface area contributed by atoms with E-state index in [0.717, 1.165) is 47.7 Å². The number of imidazole rings is 1. The largest absolute Gasteiger partial charge is 0.458 e. The second-order valence-corrected chi connectivity index (χ2v) is 19.8. The zero-order valence-corrected chi connectivity index (χ0v) is 40.5. The smallest absolute Gasteiger partial charge is 0.410 e. The van der Waals surface area contributed by atoms with Crippen molar-refractivity contribution in [2.45, 2.75) is 118 Å². The molecule has 3 aromatic rings. The van der Waals surface area contributed by atoms with Crippen LogP contribution in [0.25, 0.3) is 11.3 Å². The van der Waals surface area contributed by atoms with Crippen LogP contribution in [0.2, 0.25) is 0 Å². The molecule has 0 spiro atoms. The number of alkyl halides is 1. The van der Waals surface area contributed by atoms with Gasteiger partial charge in [0, 0.05) is 56.4 Å². The Hall–Kier alpha value is -6.73. The maximum Gasteiger partial charge on any atom is 0.410 e. The Morgan fingerprint density at radius 1 is 0.899 bits per heavy atom. The van der Waals surface area contributed by atoms with Gasteiger partial charge in [0.15, 0.2) is 6.10 Å². The predicted molar refractivity (Wildman–Crippen MR) is 243 cm³/mol. The number of rotatable bonds is 17. The normalized spacial score (nSPS) is 17.6. The molecule has 5 unspecified atom stereocenters. The highest BCUT2D eigenvalue weighted by molar-refractivity contribution is 6.13. The maximum absolute atomic E-state index is 16.3. The van der Waals surface area contributed by atoms with E-state index in [1.54, 1.807) is 78.2 Å². The van der Waals surface area contributed by atoms with Crippen LogP contribution in [0.4, 0.5) is 22.8 Å². The van der Waals surface area contributed by atoms with E-state index >= 15 is 8.78 Å². The molecule has 69 heavy (non-hydrogen) atoms. The predicted octanol–water partition coefficient (Wildman–Crippen LogP) is 6.68. The van der Waals surface area contributed by atoms with Gasteiger partial charge in [-0.05, 0) is 84.1 Å². The third kappa shape index (κ3) is 14.4. The van der Waals surface area contributed by atoms with Gasteiger partial charge in [0.1, 0.15) is 40.9 Å². The summed E-state index contributed by atoms with van der Waals surface area (Å²) in [5.41, 5.74) is -2.67. The monoisotopic (exact) mass is 966 g/mol. The number of aromatic nitrogens is 2. The van der Waals surface area contributed by atoms with Crippen molar-refractivity contribution in [2.75, 3.05) is 32.8 Å². The first-order valence-corrected chi connectivity index (χ1v) is 22.5. The van der Waals surface area contributed by atoms with Crippen molar-refractivity contribution in [3.05, 3.63) is 89.9 Å². The average Bonchev–Trinajstić information content (AvgIpc) is 3.92. The number of esters is 2. The van der Waals surface area contributed by atoms with Gasteiger partial charge in [-0.3, -0.25) is 24.1 Å². The Morgan fingerprint density at radius 2 is 1.54 bits per heavy atom. The Bertz CT molecular complexity index is 2410. The Morgan fingerprint density at radius 3 is 2.14 bits per heavy atom. The fourth-order valence-corrected chi connectivity index (χ4v) is 7.95. The average molecular weight is 967 g/mol. The number of amides is 5. The second-order valence-electron chi connectivity index (χ2n) is 19.8. The van der Waals surface area contributed by atoms with Gasteiger partial charge in [-0.2, -0.15) is 0 Å². The third-order valence-electron chi connectivity index (χ3n) is 11.2. The summed E-state index contributed by atoms with van der Waals surface area (Å²) < 4.78 is 70.3. The van der Waals surface area contributed by atoms with Crippen molar-refractivity contribution >= 4 is 41.8 Å². The number of likely N-dealkylation sites (tertiary alicyclic amines) is 1. The number of nitrogens with zero attached hydrogens (tertiary/aromatic N) is 5. The number of carbonyl (C=O) groups is 7. The van der Waals surface area contributed by atoms with Gasteiger partial charge >= 0.3 is 24.1 Å². The van der Waals surface area contributed by atoms with Crippen molar-refractivity contribution in [2.24, 2.45) is 11.3 Å². The number of carbonyl (C=O) groups excluding carboxylic acids is 7. The first-order valence-electron chi connectivity index (χ1n) is 22.5. The maximum atomic E-state index is 16.3. The molecule has 2 aliphatic rings. The molecule has 5 atom stereocenters. The van der Waals surface area contributed by atoms with Gasteiger partial charge < -0.3 is 38.6 Å². The molecule has 0 aliphatic carbocycles. The van der Waals surface area contributed by atoms with E-state index in [9.17, 15) is 38.0 Å². The van der Waals surface area contributed by atoms with Gasteiger partial charge in [-0.25, -0.2) is 32.5 Å². The molecule has 1 N–H and O–H groups in total. The number of alkyl carbamates (subject to hydrolysis) is 1. The highest BCUT2D eigenvalue weighted by Gasteiger charge is 2.47. The molecule has 374 valence electrons. The molecule has 1 aromatic heterocycles. The summed E-state index contributed by atoms with van der Waals surface area (Å²) in [4.78, 5) is 100. The zero-order valence-electron chi connectivity index (χ0n) is 40.5. The minimum Gasteiger partial charge on any atom is -0.458 e. The Kier molecular flexibility index (Phi) is 16.7. The molecule has 1 saturated heterocycles. The van der Waals surface area contributed by atoms with Crippen LogP contribution in [0.3, 0.4) is 0 Å². The topological polar surface area (TPSA) is 196 Å². The highest BCUT2D eigenvalue weighted by atomic mass is 19.1. The fourth-order valence-electron chi connectivity index (χ4n) is 7.95. The van der Waals surface area contributed by atoms with Crippen molar-refractivity contribution in [1.82, 2.24) is 29.6 Å². The first kappa shape index (κ1) is 53.2. The molecule has 0 saturated carbocycles. The van der Waals surface area contributed by atoms with Crippen LogP contribution in [0.15, 0.2) is 66.9 Å². The molecule has 3 heterocycles. The summed E-state index contributed by atoms with van der Waals surface area (Å²) in [7, 11) is 0. The van der Waals surface area contributed by atoms with Gasteiger partial charge in [-0.15, -0.1) is 0 Å². The van der Waals surface area contributed by atoms with E-state index in [-0.39, 0.29) is 49.7 Å². The third-order valence-corrected chi connectivity index (χ3v) is 11.2. The van der Waals surface area contributed by atoms with E-state index in [2.05, 4.69) is 5.32 Å². The van der Waals surface area contributed by atoms with Crippen molar-refractivity contribution in [3.63, 3.8) is 0 Å². The van der Waals surface area contributed by atoms with Crippen LogP contribution in [0.1, 0.15) is 93.1 Å². The first-order chi connectivity index (χ1) is 32.1. The lowest BCUT2D eigenvalue weighted by Crippen LogP contribution is -2.52. The van der Waals surface area contributed by atoms with Gasteiger partial charge in [0.2, 0.25) is 0 Å². The summed E-state index contributed by atoms with van der Waals surface area (Å²) in [6, 6.07) is 9.09. The quantitative estimate of drug-likeness (QED) is 0.0858. The van der Waals surface area contributed by atoms with Crippen molar-refractivity contribution < 1.29 is 65.7 Å². The molecule has 17 nitrogen and oxygen atoms in total. The minimum absolute atomic E-state index is 0.0199. The summed E-state index contributed by atoms with van der Waals surface area (Å²) >= 11 is 0. The molecule has 0 bridgehead atoms. The summed E-state index contributed by atoms with van der Waals surface area (Å²) in [6.45, 7) is 13.8. The molecular weight excluding hydrogens is 906 g/mol. The van der Waals surface area contributed by atoms with Crippen molar-refractivity contribution in [3.8, 4) is 11.3 Å². The molecular formula is C49H61F3N6O11. The van der Waals surface area contributed by atoms with Crippen LogP contribution in [-0.2, 0) is 49.5 Å². The number of ether oxygens (including phenoxy) is 4. The minimum atomic E-state index is -1.67. The molecule has 2 aliphatic heterocycles. The molecule has 20 heteroatoms.